The Balaban J connectivity index is 1.93. The number of ether oxygens (including phenoxy) is 1. The predicted molar refractivity (Wildman–Crippen MR) is 96.7 cm³/mol. The smallest absolute Gasteiger partial charge is 0.410 e. The minimum atomic E-state index is -0.859. The molecule has 0 radical (unpaired) electrons. The zero-order chi connectivity index (χ0) is 18.2. The first-order valence-electron chi connectivity index (χ1n) is 8.74. The van der Waals surface area contributed by atoms with Crippen LogP contribution in [0.1, 0.15) is 51.6 Å². The Bertz CT molecular complexity index is 666. The number of nitrogens with zero attached hydrogens (tertiary/aromatic N) is 1. The number of rotatable bonds is 4. The first kappa shape index (κ1) is 18.1. The van der Waals surface area contributed by atoms with Crippen molar-refractivity contribution in [1.29, 1.82) is 0 Å². The molecule has 1 saturated heterocycles. The lowest BCUT2D eigenvalue weighted by molar-refractivity contribution is -0.142. The summed E-state index contributed by atoms with van der Waals surface area (Å²) >= 11 is 1.79. The van der Waals surface area contributed by atoms with E-state index in [0.717, 1.165) is 10.5 Å². The van der Waals surface area contributed by atoms with Gasteiger partial charge in [0.05, 0.1) is 12.0 Å². The van der Waals surface area contributed by atoms with E-state index in [1.807, 2.05) is 45.0 Å². The molecule has 2 unspecified atom stereocenters. The number of amides is 1. The van der Waals surface area contributed by atoms with Gasteiger partial charge < -0.3 is 14.7 Å². The number of aliphatic carboxylic acids is 1. The van der Waals surface area contributed by atoms with Crippen LogP contribution in [0.25, 0.3) is 0 Å². The van der Waals surface area contributed by atoms with Gasteiger partial charge in [0.15, 0.2) is 0 Å². The number of carbonyl (C=O) groups is 2. The number of hydrogen-bond donors (Lipinski definition) is 1. The lowest BCUT2D eigenvalue weighted by Crippen LogP contribution is -2.38. The van der Waals surface area contributed by atoms with Crippen LogP contribution in [0.5, 0.6) is 0 Å². The zero-order valence-electron chi connectivity index (χ0n) is 14.9. The fourth-order valence-corrected chi connectivity index (χ4v) is 4.37. The summed E-state index contributed by atoms with van der Waals surface area (Å²) in [6.07, 6.45) is 2.40. The summed E-state index contributed by atoms with van der Waals surface area (Å²) in [5.74, 6) is -1.46. The second-order valence-corrected chi connectivity index (χ2v) is 9.05. The standard InChI is InChI=1S/C19H25NO4S/c1-19(2,3)24-18(23)20-11-10-14(17(21)22)16(20)13-6-4-5-7-15(13)25-12-8-9-12/h4-7,12,14,16H,8-11H2,1-3H3,(H,21,22). The fourth-order valence-electron chi connectivity index (χ4n) is 3.16. The lowest BCUT2D eigenvalue weighted by atomic mass is 9.94. The van der Waals surface area contributed by atoms with E-state index in [4.69, 9.17) is 4.74 Å². The summed E-state index contributed by atoms with van der Waals surface area (Å²) in [6, 6.07) is 7.39. The third-order valence-corrected chi connectivity index (χ3v) is 5.83. The Hall–Kier alpha value is -1.69. The molecule has 1 aliphatic carbocycles. The highest BCUT2D eigenvalue weighted by Gasteiger charge is 2.44. The minimum absolute atomic E-state index is 0.402. The molecule has 1 aromatic carbocycles. The maximum atomic E-state index is 12.7. The SMILES string of the molecule is CC(C)(C)OC(=O)N1CCC(C(=O)O)C1c1ccccc1SC1CC1. The maximum absolute atomic E-state index is 12.7. The largest absolute Gasteiger partial charge is 0.481 e. The van der Waals surface area contributed by atoms with Crippen LogP contribution in [0.2, 0.25) is 0 Å². The van der Waals surface area contributed by atoms with E-state index < -0.39 is 29.6 Å². The second kappa shape index (κ2) is 6.90. The van der Waals surface area contributed by atoms with Crippen LogP contribution in [0, 0.1) is 5.92 Å². The topological polar surface area (TPSA) is 66.8 Å². The molecule has 1 saturated carbocycles. The molecule has 5 nitrogen and oxygen atoms in total. The highest BCUT2D eigenvalue weighted by atomic mass is 32.2. The molecular formula is C19H25NO4S. The molecule has 1 N–H and O–H groups in total. The summed E-state index contributed by atoms with van der Waals surface area (Å²) in [5, 5.41) is 10.3. The zero-order valence-corrected chi connectivity index (χ0v) is 15.7. The van der Waals surface area contributed by atoms with Gasteiger partial charge in [-0.1, -0.05) is 18.2 Å². The molecule has 25 heavy (non-hydrogen) atoms. The normalized spacial score (nSPS) is 23.6. The van der Waals surface area contributed by atoms with Crippen molar-refractivity contribution in [3.8, 4) is 0 Å². The molecule has 2 fully saturated rings. The summed E-state index contributed by atoms with van der Waals surface area (Å²) in [4.78, 5) is 27.1. The number of likely N-dealkylation sites (tertiary alicyclic amines) is 1. The van der Waals surface area contributed by atoms with E-state index in [1.54, 1.807) is 16.7 Å². The van der Waals surface area contributed by atoms with Crippen molar-refractivity contribution >= 4 is 23.8 Å². The van der Waals surface area contributed by atoms with Gasteiger partial charge in [-0.25, -0.2) is 4.79 Å². The van der Waals surface area contributed by atoms with Gasteiger partial charge >= 0.3 is 12.1 Å². The Labute approximate surface area is 152 Å². The third-order valence-electron chi connectivity index (χ3n) is 4.40. The van der Waals surface area contributed by atoms with Gasteiger partial charge in [-0.3, -0.25) is 4.79 Å². The van der Waals surface area contributed by atoms with Crippen LogP contribution in [-0.4, -0.2) is 39.5 Å². The van der Waals surface area contributed by atoms with Crippen molar-refractivity contribution in [3.63, 3.8) is 0 Å². The van der Waals surface area contributed by atoms with Gasteiger partial charge in [-0.15, -0.1) is 11.8 Å². The van der Waals surface area contributed by atoms with Crippen molar-refractivity contribution < 1.29 is 19.4 Å². The first-order valence-corrected chi connectivity index (χ1v) is 9.62. The van der Waals surface area contributed by atoms with Crippen LogP contribution in [0.3, 0.4) is 0 Å². The van der Waals surface area contributed by atoms with Crippen molar-refractivity contribution in [1.82, 2.24) is 4.90 Å². The maximum Gasteiger partial charge on any atom is 0.410 e. The second-order valence-electron chi connectivity index (χ2n) is 7.71. The summed E-state index contributed by atoms with van der Waals surface area (Å²) in [7, 11) is 0. The molecule has 6 heteroatoms. The van der Waals surface area contributed by atoms with Crippen LogP contribution in [-0.2, 0) is 9.53 Å². The number of carboxylic acids is 1. The van der Waals surface area contributed by atoms with Gasteiger partial charge in [0.25, 0.3) is 0 Å². The molecule has 1 aromatic rings. The highest BCUT2D eigenvalue weighted by molar-refractivity contribution is 8.00. The molecule has 2 aliphatic rings. The van der Waals surface area contributed by atoms with Crippen molar-refractivity contribution in [2.24, 2.45) is 5.92 Å². The first-order chi connectivity index (χ1) is 11.8. The Morgan fingerprint density at radius 3 is 2.48 bits per heavy atom. The van der Waals surface area contributed by atoms with Crippen LogP contribution in [0.4, 0.5) is 4.79 Å². The summed E-state index contributed by atoms with van der Waals surface area (Å²) in [5.41, 5.74) is 0.320. The molecule has 1 aliphatic heterocycles. The highest BCUT2D eigenvalue weighted by Crippen LogP contribution is 2.46. The number of benzene rings is 1. The molecule has 2 atom stereocenters. The van der Waals surface area contributed by atoms with Crippen molar-refractivity contribution in [2.75, 3.05) is 6.54 Å². The third kappa shape index (κ3) is 4.29. The van der Waals surface area contributed by atoms with Crippen molar-refractivity contribution in [3.05, 3.63) is 29.8 Å². The van der Waals surface area contributed by atoms with Crippen LogP contribution < -0.4 is 0 Å². The Morgan fingerprint density at radius 1 is 1.20 bits per heavy atom. The average Bonchev–Trinajstić information content (AvgIpc) is 3.20. The number of thioether (sulfide) groups is 1. The van der Waals surface area contributed by atoms with Gasteiger partial charge in [0.2, 0.25) is 0 Å². The van der Waals surface area contributed by atoms with E-state index in [9.17, 15) is 14.7 Å². The van der Waals surface area contributed by atoms with Gasteiger partial charge in [-0.2, -0.15) is 0 Å². The molecule has 3 rings (SSSR count). The van der Waals surface area contributed by atoms with Gasteiger partial charge in [0, 0.05) is 16.7 Å². The lowest BCUT2D eigenvalue weighted by Gasteiger charge is -2.31. The van der Waals surface area contributed by atoms with E-state index in [1.165, 1.54) is 12.8 Å². The molecule has 0 bridgehead atoms. The number of hydrogen-bond acceptors (Lipinski definition) is 4. The van der Waals surface area contributed by atoms with Crippen LogP contribution in [0.15, 0.2) is 29.2 Å². The quantitative estimate of drug-likeness (QED) is 0.863. The Morgan fingerprint density at radius 2 is 1.88 bits per heavy atom. The summed E-state index contributed by atoms with van der Waals surface area (Å²) in [6.45, 7) is 5.86. The monoisotopic (exact) mass is 363 g/mol. The molecule has 0 aromatic heterocycles. The number of carboxylic acid groups (broad SMARTS) is 1. The Kier molecular flexibility index (Phi) is 5.00. The average molecular weight is 363 g/mol. The van der Waals surface area contributed by atoms with E-state index in [-0.39, 0.29) is 0 Å². The summed E-state index contributed by atoms with van der Waals surface area (Å²) < 4.78 is 5.52. The fraction of sp³-hybridized carbons (Fsp3) is 0.579. The van der Waals surface area contributed by atoms with Crippen molar-refractivity contribution in [2.45, 2.75) is 61.8 Å². The van der Waals surface area contributed by atoms with Crippen LogP contribution >= 0.6 is 11.8 Å². The minimum Gasteiger partial charge on any atom is -0.481 e. The number of carbonyl (C=O) groups excluding carboxylic acids is 1. The van der Waals surface area contributed by atoms with E-state index in [2.05, 4.69) is 0 Å². The van der Waals surface area contributed by atoms with E-state index >= 15 is 0 Å². The van der Waals surface area contributed by atoms with Gasteiger partial charge in [-0.05, 0) is 51.7 Å². The predicted octanol–water partition coefficient (Wildman–Crippen LogP) is 4.32. The molecular weight excluding hydrogens is 338 g/mol. The van der Waals surface area contributed by atoms with E-state index in [0.29, 0.717) is 18.2 Å². The molecule has 1 amide bonds. The molecule has 136 valence electrons. The molecule has 1 heterocycles. The molecule has 0 spiro atoms. The van der Waals surface area contributed by atoms with Gasteiger partial charge in [0.1, 0.15) is 5.60 Å².